The second-order valence-corrected chi connectivity index (χ2v) is 5.56. The zero-order valence-electron chi connectivity index (χ0n) is 13.7. The molecule has 0 fully saturated rings. The molecule has 0 aliphatic carbocycles. The van der Waals surface area contributed by atoms with E-state index in [9.17, 15) is 13.6 Å². The number of hydrogen-bond donors (Lipinski definition) is 2. The summed E-state index contributed by atoms with van der Waals surface area (Å²) in [5.74, 6) is -1.37. The number of anilines is 1. The van der Waals surface area contributed by atoms with Gasteiger partial charge in [-0.2, -0.15) is 0 Å². The molecule has 0 saturated carbocycles. The molecule has 0 bridgehead atoms. The average Bonchev–Trinajstić information content (AvgIpc) is 2.53. The minimum atomic E-state index is -0.983. The highest BCUT2D eigenvalue weighted by Crippen LogP contribution is 2.13. The summed E-state index contributed by atoms with van der Waals surface area (Å²) in [6, 6.07) is 11.0. The topological polar surface area (TPSA) is 42.8 Å². The minimum absolute atomic E-state index is 0.214. The highest BCUT2D eigenvalue weighted by Gasteiger charge is 2.12. The number of halogens is 2. The molecule has 0 aliphatic rings. The summed E-state index contributed by atoms with van der Waals surface area (Å²) in [5.41, 5.74) is 1.32. The molecule has 128 valence electrons. The lowest BCUT2D eigenvalue weighted by Crippen LogP contribution is -3.08. The highest BCUT2D eigenvalue weighted by atomic mass is 19.2. The molecular weight excluding hydrogens is 314 g/mol. The number of carbonyl (C=O) groups is 1. The third-order valence-electron chi connectivity index (χ3n) is 3.41. The van der Waals surface area contributed by atoms with Gasteiger partial charge in [-0.25, -0.2) is 8.78 Å². The van der Waals surface area contributed by atoms with E-state index in [4.69, 9.17) is 4.74 Å². The van der Waals surface area contributed by atoms with Crippen LogP contribution < -0.4 is 15.0 Å². The molecule has 0 spiro atoms. The summed E-state index contributed by atoms with van der Waals surface area (Å²) in [6.07, 6.45) is 0. The molecular formula is C18H21F2N2O2+. The third-order valence-corrected chi connectivity index (χ3v) is 3.41. The Morgan fingerprint density at radius 1 is 1.12 bits per heavy atom. The highest BCUT2D eigenvalue weighted by molar-refractivity contribution is 5.91. The van der Waals surface area contributed by atoms with Crippen molar-refractivity contribution in [1.82, 2.24) is 0 Å². The van der Waals surface area contributed by atoms with Crippen LogP contribution in [-0.2, 0) is 11.3 Å². The van der Waals surface area contributed by atoms with E-state index in [-0.39, 0.29) is 18.1 Å². The fourth-order valence-corrected chi connectivity index (χ4v) is 2.33. The summed E-state index contributed by atoms with van der Waals surface area (Å²) >= 11 is 0. The van der Waals surface area contributed by atoms with Crippen molar-refractivity contribution in [1.29, 1.82) is 0 Å². The van der Waals surface area contributed by atoms with Gasteiger partial charge in [-0.05, 0) is 43.3 Å². The summed E-state index contributed by atoms with van der Waals surface area (Å²) in [6.45, 7) is 3.43. The van der Waals surface area contributed by atoms with Gasteiger partial charge in [-0.1, -0.05) is 0 Å². The predicted octanol–water partition coefficient (Wildman–Crippen LogP) is 2.02. The van der Waals surface area contributed by atoms with Crippen molar-refractivity contribution in [2.45, 2.75) is 13.5 Å². The number of benzene rings is 2. The molecule has 24 heavy (non-hydrogen) atoms. The minimum Gasteiger partial charge on any atom is -0.494 e. The van der Waals surface area contributed by atoms with E-state index < -0.39 is 11.6 Å². The number of carbonyl (C=O) groups excluding carboxylic acids is 1. The Morgan fingerprint density at radius 3 is 2.46 bits per heavy atom. The van der Waals surface area contributed by atoms with Gasteiger partial charge in [-0.3, -0.25) is 4.79 Å². The number of ether oxygens (including phenoxy) is 1. The van der Waals surface area contributed by atoms with Crippen molar-refractivity contribution in [3.8, 4) is 5.75 Å². The number of likely N-dealkylation sites (N-methyl/N-ethyl adjacent to an activating group) is 1. The van der Waals surface area contributed by atoms with Crippen molar-refractivity contribution in [3.63, 3.8) is 0 Å². The summed E-state index contributed by atoms with van der Waals surface area (Å²) < 4.78 is 31.4. The van der Waals surface area contributed by atoms with E-state index in [1.807, 2.05) is 38.2 Å². The first kappa shape index (κ1) is 17.9. The summed E-state index contributed by atoms with van der Waals surface area (Å²) in [5, 5.41) is 2.57. The smallest absolute Gasteiger partial charge is 0.279 e. The number of quaternary nitrogens is 1. The van der Waals surface area contributed by atoms with E-state index in [1.165, 1.54) is 6.07 Å². The lowest BCUT2D eigenvalue weighted by molar-refractivity contribution is -0.885. The zero-order chi connectivity index (χ0) is 17.5. The fraction of sp³-hybridized carbons (Fsp3) is 0.278. The van der Waals surface area contributed by atoms with Crippen molar-refractivity contribution < 1.29 is 23.2 Å². The van der Waals surface area contributed by atoms with Crippen LogP contribution in [0.3, 0.4) is 0 Å². The zero-order valence-corrected chi connectivity index (χ0v) is 13.7. The Kier molecular flexibility index (Phi) is 6.26. The van der Waals surface area contributed by atoms with Crippen molar-refractivity contribution >= 4 is 11.6 Å². The lowest BCUT2D eigenvalue weighted by atomic mass is 10.2. The normalized spacial score (nSPS) is 11.8. The quantitative estimate of drug-likeness (QED) is 0.813. The molecule has 1 unspecified atom stereocenters. The van der Waals surface area contributed by atoms with Gasteiger partial charge in [0, 0.05) is 17.3 Å². The second kappa shape index (κ2) is 8.40. The number of rotatable bonds is 7. The van der Waals surface area contributed by atoms with E-state index in [2.05, 4.69) is 5.32 Å². The lowest BCUT2D eigenvalue weighted by Gasteiger charge is -2.14. The first-order valence-electron chi connectivity index (χ1n) is 7.76. The molecule has 2 rings (SSSR count). The summed E-state index contributed by atoms with van der Waals surface area (Å²) in [7, 11) is 1.89. The van der Waals surface area contributed by atoms with Crippen LogP contribution in [0.5, 0.6) is 5.75 Å². The SMILES string of the molecule is CCOc1ccc(C[NH+](C)CC(=O)Nc2ccc(F)c(F)c2)cc1. The van der Waals surface area contributed by atoms with Crippen LogP contribution in [0.4, 0.5) is 14.5 Å². The number of amides is 1. The van der Waals surface area contributed by atoms with Gasteiger partial charge in [0.25, 0.3) is 5.91 Å². The third kappa shape index (κ3) is 5.31. The Morgan fingerprint density at radius 2 is 1.83 bits per heavy atom. The van der Waals surface area contributed by atoms with E-state index in [0.29, 0.717) is 13.2 Å². The van der Waals surface area contributed by atoms with Gasteiger partial charge in [0.05, 0.1) is 13.7 Å². The van der Waals surface area contributed by atoms with Crippen LogP contribution in [0.2, 0.25) is 0 Å². The molecule has 2 aromatic carbocycles. The molecule has 0 saturated heterocycles. The molecule has 1 atom stereocenters. The van der Waals surface area contributed by atoms with E-state index in [1.54, 1.807) is 0 Å². The number of nitrogens with one attached hydrogen (secondary N) is 2. The molecule has 0 radical (unpaired) electrons. The largest absolute Gasteiger partial charge is 0.494 e. The van der Waals surface area contributed by atoms with Crippen LogP contribution in [0, 0.1) is 11.6 Å². The summed E-state index contributed by atoms with van der Waals surface area (Å²) in [4.78, 5) is 13.0. The van der Waals surface area contributed by atoms with Gasteiger partial charge >= 0.3 is 0 Å². The Labute approximate surface area is 140 Å². The molecule has 2 N–H and O–H groups in total. The molecule has 0 heterocycles. The van der Waals surface area contributed by atoms with Gasteiger partial charge in [-0.15, -0.1) is 0 Å². The first-order chi connectivity index (χ1) is 11.5. The van der Waals surface area contributed by atoms with E-state index >= 15 is 0 Å². The Hall–Kier alpha value is -2.47. The average molecular weight is 335 g/mol. The first-order valence-corrected chi connectivity index (χ1v) is 7.76. The standard InChI is InChI=1S/C18H20F2N2O2/c1-3-24-15-7-4-13(5-8-15)11-22(2)12-18(23)21-14-6-9-16(19)17(20)10-14/h4-10H,3,11-12H2,1-2H3,(H,21,23)/p+1. The van der Waals surface area contributed by atoms with E-state index in [0.717, 1.165) is 28.3 Å². The van der Waals surface area contributed by atoms with Crippen LogP contribution in [0.15, 0.2) is 42.5 Å². The maximum atomic E-state index is 13.1. The van der Waals surface area contributed by atoms with Gasteiger partial charge in [0.15, 0.2) is 18.2 Å². The van der Waals surface area contributed by atoms with Crippen molar-refractivity contribution in [3.05, 3.63) is 59.7 Å². The van der Waals surface area contributed by atoms with Crippen molar-refractivity contribution in [2.24, 2.45) is 0 Å². The molecule has 4 nitrogen and oxygen atoms in total. The van der Waals surface area contributed by atoms with Crippen LogP contribution in [0.1, 0.15) is 12.5 Å². The Balaban J connectivity index is 1.85. The molecule has 2 aromatic rings. The van der Waals surface area contributed by atoms with Gasteiger partial charge < -0.3 is 15.0 Å². The maximum Gasteiger partial charge on any atom is 0.279 e. The monoisotopic (exact) mass is 335 g/mol. The van der Waals surface area contributed by atoms with Gasteiger partial charge in [0.2, 0.25) is 0 Å². The number of hydrogen-bond acceptors (Lipinski definition) is 2. The van der Waals surface area contributed by atoms with Crippen LogP contribution in [0.25, 0.3) is 0 Å². The maximum absolute atomic E-state index is 13.1. The van der Waals surface area contributed by atoms with Crippen LogP contribution >= 0.6 is 0 Å². The molecule has 0 aliphatic heterocycles. The molecule has 1 amide bonds. The molecule has 0 aromatic heterocycles. The van der Waals surface area contributed by atoms with Gasteiger partial charge in [0.1, 0.15) is 12.3 Å². The fourth-order valence-electron chi connectivity index (χ4n) is 2.33. The second-order valence-electron chi connectivity index (χ2n) is 5.56. The predicted molar refractivity (Wildman–Crippen MR) is 88.1 cm³/mol. The molecule has 6 heteroatoms. The van der Waals surface area contributed by atoms with Crippen molar-refractivity contribution in [2.75, 3.05) is 25.5 Å². The van der Waals surface area contributed by atoms with Crippen LogP contribution in [-0.4, -0.2) is 26.1 Å². The Bertz CT molecular complexity index is 690.